The van der Waals surface area contributed by atoms with E-state index in [4.69, 9.17) is 14.5 Å². The number of para-hydroxylation sites is 2. The first-order chi connectivity index (χ1) is 14.2. The predicted molar refractivity (Wildman–Crippen MR) is 121 cm³/mol. The summed E-state index contributed by atoms with van der Waals surface area (Å²) in [7, 11) is 1.62. The van der Waals surface area contributed by atoms with Crippen LogP contribution in [0.1, 0.15) is 11.4 Å². The fourth-order valence-electron chi connectivity index (χ4n) is 3.39. The fourth-order valence-corrected chi connectivity index (χ4v) is 3.39. The number of rotatable bonds is 8. The highest BCUT2D eigenvalue weighted by Gasteiger charge is 2.15. The van der Waals surface area contributed by atoms with Crippen LogP contribution in [0.4, 0.5) is 0 Å². The molecule has 0 fully saturated rings. The average molecular weight is 425 g/mol. The second kappa shape index (κ2) is 10.1. The van der Waals surface area contributed by atoms with Gasteiger partial charge in [-0.05, 0) is 29.8 Å². The van der Waals surface area contributed by atoms with Crippen molar-refractivity contribution in [3.63, 3.8) is 0 Å². The van der Waals surface area contributed by atoms with Crippen molar-refractivity contribution in [1.29, 1.82) is 0 Å². The van der Waals surface area contributed by atoms with Gasteiger partial charge in [-0.25, -0.2) is 4.98 Å². The molecule has 30 heavy (non-hydrogen) atoms. The lowest BCUT2D eigenvalue weighted by molar-refractivity contribution is 0.0927. The Bertz CT molecular complexity index is 1080. The number of hydrogen-bond donors (Lipinski definition) is 1. The van der Waals surface area contributed by atoms with Crippen LogP contribution in [0.15, 0.2) is 78.9 Å². The standard InChI is InChI=1S/C24H24N2O3.ClH/c1-28-20-10-7-11-21(15-20)29-17-19(27)16-26-23-13-6-5-12-22(23)25-24(26)14-18-8-3-2-4-9-18;/h2-13,15,19,27H,14,16-17H2,1H3;1H. The number of benzene rings is 3. The van der Waals surface area contributed by atoms with Crippen LogP contribution in [-0.2, 0) is 13.0 Å². The van der Waals surface area contributed by atoms with Crippen molar-refractivity contribution >= 4 is 23.4 Å². The Labute approximate surface area is 182 Å². The first kappa shape index (κ1) is 21.7. The summed E-state index contributed by atoms with van der Waals surface area (Å²) in [5, 5.41) is 10.7. The van der Waals surface area contributed by atoms with Crippen LogP contribution in [0.2, 0.25) is 0 Å². The lowest BCUT2D eigenvalue weighted by Gasteiger charge is -2.16. The van der Waals surface area contributed by atoms with Crippen molar-refractivity contribution in [1.82, 2.24) is 9.55 Å². The molecule has 6 heteroatoms. The number of nitrogens with zero attached hydrogens (tertiary/aromatic N) is 2. The summed E-state index contributed by atoms with van der Waals surface area (Å²) < 4.78 is 13.1. The van der Waals surface area contributed by atoms with Gasteiger partial charge >= 0.3 is 0 Å². The zero-order valence-electron chi connectivity index (χ0n) is 16.8. The Morgan fingerprint density at radius 1 is 0.933 bits per heavy atom. The molecule has 3 aromatic carbocycles. The van der Waals surface area contributed by atoms with Gasteiger partial charge in [-0.1, -0.05) is 48.5 Å². The number of halogens is 1. The molecular formula is C24H25ClN2O3. The molecule has 0 saturated carbocycles. The molecule has 0 aliphatic heterocycles. The minimum atomic E-state index is -0.673. The number of aliphatic hydroxyl groups is 1. The van der Waals surface area contributed by atoms with Crippen LogP contribution >= 0.6 is 12.4 Å². The summed E-state index contributed by atoms with van der Waals surface area (Å²) in [4.78, 5) is 4.80. The van der Waals surface area contributed by atoms with Gasteiger partial charge in [0.25, 0.3) is 0 Å². The van der Waals surface area contributed by atoms with Gasteiger partial charge in [0.2, 0.25) is 0 Å². The molecule has 1 N–H and O–H groups in total. The summed E-state index contributed by atoms with van der Waals surface area (Å²) in [5.41, 5.74) is 3.13. The first-order valence-electron chi connectivity index (χ1n) is 9.66. The highest BCUT2D eigenvalue weighted by Crippen LogP contribution is 2.21. The quantitative estimate of drug-likeness (QED) is 0.452. The summed E-state index contributed by atoms with van der Waals surface area (Å²) in [6.07, 6.45) is 0.0345. The van der Waals surface area contributed by atoms with Crippen molar-refractivity contribution < 1.29 is 14.6 Å². The molecule has 1 heterocycles. The lowest BCUT2D eigenvalue weighted by atomic mass is 10.1. The molecule has 0 aliphatic rings. The second-order valence-electron chi connectivity index (χ2n) is 6.93. The smallest absolute Gasteiger partial charge is 0.123 e. The highest BCUT2D eigenvalue weighted by atomic mass is 35.5. The Hall–Kier alpha value is -3.02. The second-order valence-corrected chi connectivity index (χ2v) is 6.93. The molecule has 0 amide bonds. The van der Waals surface area contributed by atoms with E-state index in [-0.39, 0.29) is 19.0 Å². The van der Waals surface area contributed by atoms with Gasteiger partial charge in [-0.15, -0.1) is 12.4 Å². The van der Waals surface area contributed by atoms with Crippen molar-refractivity contribution in [3.05, 3.63) is 90.3 Å². The first-order valence-corrected chi connectivity index (χ1v) is 9.66. The average Bonchev–Trinajstić information content (AvgIpc) is 3.10. The molecule has 4 aromatic rings. The van der Waals surface area contributed by atoms with E-state index in [1.54, 1.807) is 13.2 Å². The van der Waals surface area contributed by atoms with E-state index in [0.29, 0.717) is 18.7 Å². The summed E-state index contributed by atoms with van der Waals surface area (Å²) in [6, 6.07) is 25.6. The van der Waals surface area contributed by atoms with E-state index in [1.807, 2.05) is 60.7 Å². The largest absolute Gasteiger partial charge is 0.497 e. The third-order valence-electron chi connectivity index (χ3n) is 4.82. The van der Waals surface area contributed by atoms with Crippen molar-refractivity contribution in [3.8, 4) is 11.5 Å². The number of imidazole rings is 1. The van der Waals surface area contributed by atoms with Gasteiger partial charge in [0.15, 0.2) is 0 Å². The SMILES string of the molecule is COc1cccc(OCC(O)Cn2c(Cc3ccccc3)nc3ccccc32)c1.Cl. The van der Waals surface area contributed by atoms with Gasteiger partial charge in [0.05, 0.1) is 24.7 Å². The van der Waals surface area contributed by atoms with E-state index < -0.39 is 6.10 Å². The number of ether oxygens (including phenoxy) is 2. The van der Waals surface area contributed by atoms with Gasteiger partial charge in [-0.2, -0.15) is 0 Å². The van der Waals surface area contributed by atoms with Gasteiger partial charge in [0, 0.05) is 12.5 Å². The highest BCUT2D eigenvalue weighted by molar-refractivity contribution is 5.85. The topological polar surface area (TPSA) is 56.5 Å². The third kappa shape index (κ3) is 5.12. The molecule has 0 saturated heterocycles. The summed E-state index contributed by atoms with van der Waals surface area (Å²) in [5.74, 6) is 2.32. The van der Waals surface area contributed by atoms with E-state index in [2.05, 4.69) is 16.7 Å². The number of hydrogen-bond acceptors (Lipinski definition) is 4. The number of fused-ring (bicyclic) bond motifs is 1. The summed E-state index contributed by atoms with van der Waals surface area (Å²) in [6.45, 7) is 0.594. The van der Waals surface area contributed by atoms with Crippen LogP contribution in [0.5, 0.6) is 11.5 Å². The maximum atomic E-state index is 10.7. The zero-order valence-corrected chi connectivity index (χ0v) is 17.6. The van der Waals surface area contributed by atoms with Crippen LogP contribution in [-0.4, -0.2) is 34.5 Å². The van der Waals surface area contributed by atoms with Crippen LogP contribution < -0.4 is 9.47 Å². The molecular weight excluding hydrogens is 400 g/mol. The monoisotopic (exact) mass is 424 g/mol. The minimum Gasteiger partial charge on any atom is -0.497 e. The van der Waals surface area contributed by atoms with Crippen molar-refractivity contribution in [2.75, 3.05) is 13.7 Å². The molecule has 0 radical (unpaired) electrons. The Kier molecular flexibility index (Phi) is 7.33. The molecule has 5 nitrogen and oxygen atoms in total. The van der Waals surface area contributed by atoms with E-state index in [0.717, 1.165) is 22.6 Å². The minimum absolute atomic E-state index is 0. The van der Waals surface area contributed by atoms with E-state index in [1.165, 1.54) is 5.56 Å². The Morgan fingerprint density at radius 3 is 2.47 bits per heavy atom. The van der Waals surface area contributed by atoms with Crippen LogP contribution in [0.3, 0.4) is 0 Å². The van der Waals surface area contributed by atoms with Crippen LogP contribution in [0.25, 0.3) is 11.0 Å². The molecule has 1 atom stereocenters. The fraction of sp³-hybridized carbons (Fsp3) is 0.208. The predicted octanol–water partition coefficient (Wildman–Crippen LogP) is 4.50. The van der Waals surface area contributed by atoms with Gasteiger partial charge in [-0.3, -0.25) is 0 Å². The van der Waals surface area contributed by atoms with Gasteiger partial charge in [0.1, 0.15) is 30.0 Å². The maximum Gasteiger partial charge on any atom is 0.123 e. The normalized spacial score (nSPS) is 11.7. The number of aliphatic hydroxyl groups excluding tert-OH is 1. The van der Waals surface area contributed by atoms with E-state index >= 15 is 0 Å². The molecule has 1 aromatic heterocycles. The number of aromatic nitrogens is 2. The maximum absolute atomic E-state index is 10.7. The van der Waals surface area contributed by atoms with Gasteiger partial charge < -0.3 is 19.1 Å². The van der Waals surface area contributed by atoms with E-state index in [9.17, 15) is 5.11 Å². The van der Waals surface area contributed by atoms with Crippen molar-refractivity contribution in [2.24, 2.45) is 0 Å². The molecule has 4 rings (SSSR count). The molecule has 156 valence electrons. The lowest BCUT2D eigenvalue weighted by Crippen LogP contribution is -2.24. The molecule has 0 bridgehead atoms. The zero-order chi connectivity index (χ0) is 20.1. The molecule has 0 aliphatic carbocycles. The molecule has 1 unspecified atom stereocenters. The Morgan fingerprint density at radius 2 is 1.67 bits per heavy atom. The number of methoxy groups -OCH3 is 1. The van der Waals surface area contributed by atoms with Crippen molar-refractivity contribution in [2.45, 2.75) is 19.1 Å². The Balaban J connectivity index is 0.00000256. The summed E-state index contributed by atoms with van der Waals surface area (Å²) >= 11 is 0. The van der Waals surface area contributed by atoms with Crippen LogP contribution in [0, 0.1) is 0 Å². The molecule has 0 spiro atoms. The third-order valence-corrected chi connectivity index (χ3v) is 4.82.